The van der Waals surface area contributed by atoms with E-state index in [9.17, 15) is 4.79 Å². The summed E-state index contributed by atoms with van der Waals surface area (Å²) in [6, 6.07) is 16.8. The topological polar surface area (TPSA) is 68.3 Å². The Balaban J connectivity index is 1.93. The fraction of sp³-hybridized carbons (Fsp3) is 0. The zero-order valence-electron chi connectivity index (χ0n) is 11.2. The Labute approximate surface area is 122 Å². The lowest BCUT2D eigenvalue weighted by Gasteiger charge is -2.02. The summed E-state index contributed by atoms with van der Waals surface area (Å²) in [5.74, 6) is -0.161. The third kappa shape index (κ3) is 2.79. The summed E-state index contributed by atoms with van der Waals surface area (Å²) in [7, 11) is 0. The van der Waals surface area contributed by atoms with E-state index in [0.29, 0.717) is 11.1 Å². The van der Waals surface area contributed by atoms with Gasteiger partial charge in [-0.25, -0.2) is 0 Å². The van der Waals surface area contributed by atoms with Gasteiger partial charge in [-0.3, -0.25) is 9.78 Å². The first-order valence-corrected chi connectivity index (χ1v) is 6.52. The highest BCUT2D eigenvalue weighted by atomic mass is 16.1. The second-order valence-corrected chi connectivity index (χ2v) is 4.60. The average Bonchev–Trinajstić information content (AvgIpc) is 2.55. The second kappa shape index (κ2) is 5.54. The van der Waals surface area contributed by atoms with Crippen LogP contribution in [0.25, 0.3) is 10.8 Å². The SMILES string of the molecule is NC(=NC(=O)c1ccc2ccccc2c1)c1ccncc1. The Morgan fingerprint density at radius 2 is 1.62 bits per heavy atom. The molecule has 0 radical (unpaired) electrons. The molecule has 0 bridgehead atoms. The van der Waals surface area contributed by atoms with Gasteiger partial charge >= 0.3 is 0 Å². The van der Waals surface area contributed by atoms with E-state index in [1.807, 2.05) is 36.4 Å². The summed E-state index contributed by atoms with van der Waals surface area (Å²) in [4.78, 5) is 20.0. The highest BCUT2D eigenvalue weighted by Gasteiger charge is 2.07. The molecular formula is C17H13N3O. The van der Waals surface area contributed by atoms with Gasteiger partial charge in [-0.2, -0.15) is 4.99 Å². The van der Waals surface area contributed by atoms with E-state index in [2.05, 4.69) is 9.98 Å². The molecule has 21 heavy (non-hydrogen) atoms. The number of carbonyl (C=O) groups excluding carboxylic acids is 1. The lowest BCUT2D eigenvalue weighted by molar-refractivity contribution is 0.100. The molecule has 0 saturated carbocycles. The van der Waals surface area contributed by atoms with Crippen LogP contribution in [-0.4, -0.2) is 16.7 Å². The van der Waals surface area contributed by atoms with Gasteiger partial charge < -0.3 is 5.73 Å². The van der Waals surface area contributed by atoms with Crippen molar-refractivity contribution in [1.82, 2.24) is 4.98 Å². The molecule has 0 aliphatic heterocycles. The van der Waals surface area contributed by atoms with Gasteiger partial charge in [-0.05, 0) is 35.0 Å². The molecule has 1 aromatic heterocycles. The third-order valence-corrected chi connectivity index (χ3v) is 3.19. The van der Waals surface area contributed by atoms with Crippen molar-refractivity contribution in [2.75, 3.05) is 0 Å². The fourth-order valence-corrected chi connectivity index (χ4v) is 2.08. The van der Waals surface area contributed by atoms with Crippen LogP contribution in [0, 0.1) is 0 Å². The third-order valence-electron chi connectivity index (χ3n) is 3.19. The van der Waals surface area contributed by atoms with E-state index < -0.39 is 0 Å². The molecule has 0 saturated heterocycles. The Bertz CT molecular complexity index is 826. The molecule has 0 aliphatic carbocycles. The van der Waals surface area contributed by atoms with Gasteiger partial charge in [0.05, 0.1) is 0 Å². The molecule has 2 N–H and O–H groups in total. The van der Waals surface area contributed by atoms with Gasteiger partial charge in [-0.15, -0.1) is 0 Å². The minimum Gasteiger partial charge on any atom is -0.383 e. The quantitative estimate of drug-likeness (QED) is 0.577. The Morgan fingerprint density at radius 1 is 0.905 bits per heavy atom. The van der Waals surface area contributed by atoms with Gasteiger partial charge in [-0.1, -0.05) is 30.3 Å². The van der Waals surface area contributed by atoms with Gasteiger partial charge in [0.15, 0.2) is 0 Å². The van der Waals surface area contributed by atoms with Gasteiger partial charge in [0.25, 0.3) is 5.91 Å². The maximum Gasteiger partial charge on any atom is 0.278 e. The molecule has 102 valence electrons. The van der Waals surface area contributed by atoms with E-state index in [1.165, 1.54) is 0 Å². The maximum atomic E-state index is 12.2. The molecule has 1 amide bonds. The molecule has 0 fully saturated rings. The summed E-state index contributed by atoms with van der Waals surface area (Å²) in [5.41, 5.74) is 7.05. The van der Waals surface area contributed by atoms with Crippen LogP contribution in [0.3, 0.4) is 0 Å². The van der Waals surface area contributed by atoms with Crippen molar-refractivity contribution >= 4 is 22.5 Å². The van der Waals surface area contributed by atoms with Crippen LogP contribution >= 0.6 is 0 Å². The van der Waals surface area contributed by atoms with Crippen molar-refractivity contribution in [3.8, 4) is 0 Å². The van der Waals surface area contributed by atoms with Crippen molar-refractivity contribution in [3.63, 3.8) is 0 Å². The van der Waals surface area contributed by atoms with E-state index in [1.54, 1.807) is 30.6 Å². The lowest BCUT2D eigenvalue weighted by atomic mass is 10.1. The molecule has 4 heteroatoms. The molecular weight excluding hydrogens is 262 g/mol. The smallest absolute Gasteiger partial charge is 0.278 e. The molecule has 4 nitrogen and oxygen atoms in total. The number of carbonyl (C=O) groups is 1. The molecule has 3 aromatic rings. The number of aromatic nitrogens is 1. The van der Waals surface area contributed by atoms with Crippen molar-refractivity contribution in [3.05, 3.63) is 78.1 Å². The van der Waals surface area contributed by atoms with Crippen LogP contribution in [0.4, 0.5) is 0 Å². The second-order valence-electron chi connectivity index (χ2n) is 4.60. The number of aliphatic imine (C=N–C) groups is 1. The monoisotopic (exact) mass is 275 g/mol. The summed E-state index contributed by atoms with van der Waals surface area (Å²) in [6.07, 6.45) is 3.22. The predicted molar refractivity (Wildman–Crippen MR) is 83.2 cm³/mol. The number of fused-ring (bicyclic) bond motifs is 1. The number of pyridine rings is 1. The first-order chi connectivity index (χ1) is 10.2. The zero-order valence-corrected chi connectivity index (χ0v) is 11.2. The van der Waals surface area contributed by atoms with Crippen LogP contribution in [0.5, 0.6) is 0 Å². The summed E-state index contributed by atoms with van der Waals surface area (Å²) >= 11 is 0. The molecule has 3 rings (SSSR count). The number of amides is 1. The number of benzene rings is 2. The molecule has 0 spiro atoms. The van der Waals surface area contributed by atoms with Crippen LogP contribution in [0.1, 0.15) is 15.9 Å². The van der Waals surface area contributed by atoms with E-state index in [4.69, 9.17) is 5.73 Å². The highest BCUT2D eigenvalue weighted by molar-refractivity contribution is 6.09. The first kappa shape index (κ1) is 13.0. The number of hydrogen-bond donors (Lipinski definition) is 1. The largest absolute Gasteiger partial charge is 0.383 e. The van der Waals surface area contributed by atoms with E-state index >= 15 is 0 Å². The molecule has 0 aliphatic rings. The maximum absolute atomic E-state index is 12.2. The van der Waals surface area contributed by atoms with E-state index in [-0.39, 0.29) is 11.7 Å². The average molecular weight is 275 g/mol. The van der Waals surface area contributed by atoms with Gasteiger partial charge in [0.1, 0.15) is 5.84 Å². The molecule has 2 aromatic carbocycles. The lowest BCUT2D eigenvalue weighted by Crippen LogP contribution is -2.15. The Hall–Kier alpha value is -3.01. The summed E-state index contributed by atoms with van der Waals surface area (Å²) in [6.45, 7) is 0. The Morgan fingerprint density at radius 3 is 2.38 bits per heavy atom. The van der Waals surface area contributed by atoms with Gasteiger partial charge in [0, 0.05) is 23.5 Å². The predicted octanol–water partition coefficient (Wildman–Crippen LogP) is 2.78. The molecule has 0 unspecified atom stereocenters. The van der Waals surface area contributed by atoms with Crippen molar-refractivity contribution < 1.29 is 4.79 Å². The number of nitrogens with zero attached hydrogens (tertiary/aromatic N) is 2. The van der Waals surface area contributed by atoms with Crippen LogP contribution in [0.2, 0.25) is 0 Å². The zero-order chi connectivity index (χ0) is 14.7. The molecule has 1 heterocycles. The van der Waals surface area contributed by atoms with Crippen LogP contribution in [-0.2, 0) is 0 Å². The minimum absolute atomic E-state index is 0.190. The van der Waals surface area contributed by atoms with Gasteiger partial charge in [0.2, 0.25) is 0 Å². The number of hydrogen-bond acceptors (Lipinski definition) is 2. The number of nitrogens with two attached hydrogens (primary N) is 1. The van der Waals surface area contributed by atoms with Crippen LogP contribution in [0.15, 0.2) is 72.0 Å². The Kier molecular flexibility index (Phi) is 3.43. The van der Waals surface area contributed by atoms with Crippen molar-refractivity contribution in [2.45, 2.75) is 0 Å². The van der Waals surface area contributed by atoms with E-state index in [0.717, 1.165) is 10.8 Å². The number of rotatable bonds is 2. The minimum atomic E-state index is -0.352. The fourth-order valence-electron chi connectivity index (χ4n) is 2.08. The van der Waals surface area contributed by atoms with Crippen molar-refractivity contribution in [1.29, 1.82) is 0 Å². The molecule has 0 atom stereocenters. The summed E-state index contributed by atoms with van der Waals surface area (Å²) in [5, 5.41) is 2.08. The normalized spacial score (nSPS) is 11.5. The summed E-state index contributed by atoms with van der Waals surface area (Å²) < 4.78 is 0. The number of amidine groups is 1. The van der Waals surface area contributed by atoms with Crippen LogP contribution < -0.4 is 5.73 Å². The highest BCUT2D eigenvalue weighted by Crippen LogP contribution is 2.16. The standard InChI is InChI=1S/C17H13N3O/c18-16(13-7-9-19-10-8-13)20-17(21)15-6-5-12-3-1-2-4-14(12)11-15/h1-11H,(H2,18,20,21). The van der Waals surface area contributed by atoms with Crippen molar-refractivity contribution in [2.24, 2.45) is 10.7 Å². The first-order valence-electron chi connectivity index (χ1n) is 6.52.